The first kappa shape index (κ1) is 16.7. The first-order chi connectivity index (χ1) is 11.7. The maximum absolute atomic E-state index is 12.8. The predicted octanol–water partition coefficient (Wildman–Crippen LogP) is 3.56. The molecule has 126 valence electrons. The van der Waals surface area contributed by atoms with Gasteiger partial charge in [0.2, 0.25) is 5.91 Å². The van der Waals surface area contributed by atoms with Crippen LogP contribution in [0.15, 0.2) is 60.7 Å². The summed E-state index contributed by atoms with van der Waals surface area (Å²) in [4.78, 5) is 14.7. The Morgan fingerprint density at radius 1 is 1.08 bits per heavy atom. The molecular formula is C21H26N2O. The summed E-state index contributed by atoms with van der Waals surface area (Å²) in [5.74, 6) is 0.537. The maximum Gasteiger partial charge on any atom is 0.244 e. The van der Waals surface area contributed by atoms with Gasteiger partial charge in [-0.2, -0.15) is 0 Å². The number of amides is 1. The van der Waals surface area contributed by atoms with Crippen LogP contribution in [0.25, 0.3) is 0 Å². The first-order valence-electron chi connectivity index (χ1n) is 8.78. The fraction of sp³-hybridized carbons (Fsp3) is 0.381. The molecule has 1 saturated carbocycles. The van der Waals surface area contributed by atoms with Crippen LogP contribution >= 0.6 is 0 Å². The van der Waals surface area contributed by atoms with Gasteiger partial charge in [0.05, 0.1) is 0 Å². The molecular weight excluding hydrogens is 296 g/mol. The summed E-state index contributed by atoms with van der Waals surface area (Å²) in [7, 11) is 1.92. The van der Waals surface area contributed by atoms with Gasteiger partial charge >= 0.3 is 0 Å². The maximum atomic E-state index is 12.8. The highest BCUT2D eigenvalue weighted by molar-refractivity contribution is 5.83. The third-order valence-corrected chi connectivity index (χ3v) is 5.23. The fourth-order valence-electron chi connectivity index (χ4n) is 3.87. The predicted molar refractivity (Wildman–Crippen MR) is 97.4 cm³/mol. The molecule has 1 amide bonds. The summed E-state index contributed by atoms with van der Waals surface area (Å²) in [6, 6.07) is 19.9. The zero-order valence-corrected chi connectivity index (χ0v) is 14.3. The van der Waals surface area contributed by atoms with E-state index < -0.39 is 6.04 Å². The van der Waals surface area contributed by atoms with E-state index in [0.29, 0.717) is 5.92 Å². The Morgan fingerprint density at radius 2 is 1.71 bits per heavy atom. The summed E-state index contributed by atoms with van der Waals surface area (Å²) in [5, 5.41) is 0. The van der Waals surface area contributed by atoms with E-state index in [1.165, 1.54) is 18.4 Å². The Labute approximate surface area is 144 Å². The Bertz CT molecular complexity index is 656. The highest BCUT2D eigenvalue weighted by atomic mass is 16.2. The number of hydrogen-bond donors (Lipinski definition) is 1. The van der Waals surface area contributed by atoms with Crippen LogP contribution in [0.5, 0.6) is 0 Å². The van der Waals surface area contributed by atoms with Crippen LogP contribution in [0.4, 0.5) is 0 Å². The second kappa shape index (κ2) is 7.63. The van der Waals surface area contributed by atoms with Crippen LogP contribution in [0, 0.1) is 5.92 Å². The molecule has 0 spiro atoms. The van der Waals surface area contributed by atoms with E-state index in [2.05, 4.69) is 24.3 Å². The molecule has 0 heterocycles. The van der Waals surface area contributed by atoms with Crippen molar-refractivity contribution >= 4 is 5.91 Å². The number of carbonyl (C=O) groups excluding carboxylic acids is 1. The van der Waals surface area contributed by atoms with Gasteiger partial charge in [-0.15, -0.1) is 0 Å². The van der Waals surface area contributed by atoms with Gasteiger partial charge in [0.15, 0.2) is 0 Å². The number of likely N-dealkylation sites (N-methyl/N-ethyl adjacent to an activating group) is 1. The third kappa shape index (κ3) is 3.68. The van der Waals surface area contributed by atoms with Crippen molar-refractivity contribution < 1.29 is 4.79 Å². The van der Waals surface area contributed by atoms with E-state index in [9.17, 15) is 4.79 Å². The normalized spacial score (nSPS) is 21.4. The van der Waals surface area contributed by atoms with Crippen LogP contribution in [0.1, 0.15) is 36.4 Å². The van der Waals surface area contributed by atoms with Crippen LogP contribution in [-0.4, -0.2) is 23.9 Å². The van der Waals surface area contributed by atoms with Gasteiger partial charge in [0, 0.05) is 13.1 Å². The average Bonchev–Trinajstić information content (AvgIpc) is 3.09. The standard InChI is InChI=1S/C21H26N2O/c1-23(21(24)20(22)17-11-6-3-7-12-17)19-14-8-13-18(19)15-16-9-4-2-5-10-16/h2-7,9-12,18-20H,8,13-15,22H2,1H3/t18-,19-,20+/m0/s1. The summed E-state index contributed by atoms with van der Waals surface area (Å²) in [5.41, 5.74) is 8.44. The minimum Gasteiger partial charge on any atom is -0.341 e. The van der Waals surface area contributed by atoms with Gasteiger partial charge < -0.3 is 10.6 Å². The molecule has 0 aliphatic heterocycles. The Morgan fingerprint density at radius 3 is 2.38 bits per heavy atom. The van der Waals surface area contributed by atoms with E-state index in [4.69, 9.17) is 5.73 Å². The Kier molecular flexibility index (Phi) is 5.31. The van der Waals surface area contributed by atoms with Gasteiger partial charge in [-0.1, -0.05) is 67.1 Å². The van der Waals surface area contributed by atoms with Gasteiger partial charge in [-0.25, -0.2) is 0 Å². The number of nitrogens with zero attached hydrogens (tertiary/aromatic N) is 1. The van der Waals surface area contributed by atoms with Crippen molar-refractivity contribution in [2.24, 2.45) is 11.7 Å². The highest BCUT2D eigenvalue weighted by Crippen LogP contribution is 2.33. The van der Waals surface area contributed by atoms with E-state index in [0.717, 1.165) is 18.4 Å². The number of rotatable bonds is 5. The third-order valence-electron chi connectivity index (χ3n) is 5.23. The number of nitrogens with two attached hydrogens (primary N) is 1. The van der Waals surface area contributed by atoms with Crippen LogP contribution in [0.3, 0.4) is 0 Å². The molecule has 0 bridgehead atoms. The molecule has 2 aromatic rings. The van der Waals surface area contributed by atoms with Crippen molar-refractivity contribution in [3.63, 3.8) is 0 Å². The first-order valence-corrected chi connectivity index (χ1v) is 8.78. The van der Waals surface area contributed by atoms with Gasteiger partial charge in [0.25, 0.3) is 0 Å². The molecule has 0 aromatic heterocycles. The van der Waals surface area contributed by atoms with E-state index in [1.54, 1.807) is 0 Å². The lowest BCUT2D eigenvalue weighted by Crippen LogP contribution is -2.44. The topological polar surface area (TPSA) is 46.3 Å². The lowest BCUT2D eigenvalue weighted by Gasteiger charge is -2.32. The van der Waals surface area contributed by atoms with Crippen molar-refractivity contribution in [2.75, 3.05) is 7.05 Å². The summed E-state index contributed by atoms with van der Waals surface area (Å²) < 4.78 is 0. The van der Waals surface area contributed by atoms with Crippen LogP contribution in [-0.2, 0) is 11.2 Å². The van der Waals surface area contributed by atoms with Crippen molar-refractivity contribution in [1.82, 2.24) is 4.90 Å². The SMILES string of the molecule is CN(C(=O)[C@H](N)c1ccccc1)[C@H]1CCC[C@H]1Cc1ccccc1. The van der Waals surface area contributed by atoms with Crippen LogP contribution in [0.2, 0.25) is 0 Å². The Balaban J connectivity index is 1.68. The number of hydrogen-bond acceptors (Lipinski definition) is 2. The molecule has 2 N–H and O–H groups in total. The molecule has 3 rings (SSSR count). The molecule has 0 radical (unpaired) electrons. The molecule has 3 heteroatoms. The zero-order chi connectivity index (χ0) is 16.9. The Hall–Kier alpha value is -2.13. The number of carbonyl (C=O) groups is 1. The quantitative estimate of drug-likeness (QED) is 0.915. The van der Waals surface area contributed by atoms with Crippen molar-refractivity contribution in [1.29, 1.82) is 0 Å². The van der Waals surface area contributed by atoms with Crippen molar-refractivity contribution in [3.05, 3.63) is 71.8 Å². The number of benzene rings is 2. The van der Waals surface area contributed by atoms with Gasteiger partial charge in [0.1, 0.15) is 6.04 Å². The minimum atomic E-state index is -0.575. The second-order valence-corrected chi connectivity index (χ2v) is 6.79. The minimum absolute atomic E-state index is 0.0196. The molecule has 1 aliphatic carbocycles. The summed E-state index contributed by atoms with van der Waals surface area (Å²) >= 11 is 0. The summed E-state index contributed by atoms with van der Waals surface area (Å²) in [6.45, 7) is 0. The molecule has 3 nitrogen and oxygen atoms in total. The second-order valence-electron chi connectivity index (χ2n) is 6.79. The van der Waals surface area contributed by atoms with Gasteiger partial charge in [-0.3, -0.25) is 4.79 Å². The van der Waals surface area contributed by atoms with Crippen molar-refractivity contribution in [3.8, 4) is 0 Å². The molecule has 0 unspecified atom stereocenters. The van der Waals surface area contributed by atoms with Gasteiger partial charge in [-0.05, 0) is 36.3 Å². The fourth-order valence-corrected chi connectivity index (χ4v) is 3.87. The van der Waals surface area contributed by atoms with E-state index in [-0.39, 0.29) is 11.9 Å². The zero-order valence-electron chi connectivity index (χ0n) is 14.3. The molecule has 2 aromatic carbocycles. The monoisotopic (exact) mass is 322 g/mol. The molecule has 1 aliphatic rings. The molecule has 1 fully saturated rings. The largest absolute Gasteiger partial charge is 0.341 e. The average molecular weight is 322 g/mol. The summed E-state index contributed by atoms with van der Waals surface area (Å²) in [6.07, 6.45) is 4.46. The molecule has 0 saturated heterocycles. The van der Waals surface area contributed by atoms with E-state index in [1.807, 2.05) is 48.3 Å². The van der Waals surface area contributed by atoms with Crippen molar-refractivity contribution in [2.45, 2.75) is 37.8 Å². The molecule has 3 atom stereocenters. The highest BCUT2D eigenvalue weighted by Gasteiger charge is 2.34. The lowest BCUT2D eigenvalue weighted by atomic mass is 9.93. The molecule has 24 heavy (non-hydrogen) atoms. The van der Waals surface area contributed by atoms with E-state index >= 15 is 0 Å². The lowest BCUT2D eigenvalue weighted by molar-refractivity contribution is -0.134. The smallest absolute Gasteiger partial charge is 0.244 e. The van der Waals surface area contributed by atoms with Crippen LogP contribution < -0.4 is 5.73 Å².